The quantitative estimate of drug-likeness (QED) is 0.786. The van der Waals surface area contributed by atoms with Crippen LogP contribution in [0.15, 0.2) is 47.0 Å². The molecule has 2 aromatic heterocycles. The van der Waals surface area contributed by atoms with Crippen LogP contribution in [0, 0.1) is 6.92 Å². The second-order valence-corrected chi connectivity index (χ2v) is 5.21. The van der Waals surface area contributed by atoms with E-state index in [1.165, 1.54) is 0 Å². The van der Waals surface area contributed by atoms with Gasteiger partial charge in [0.15, 0.2) is 0 Å². The lowest BCUT2D eigenvalue weighted by atomic mass is 10.1. The second kappa shape index (κ2) is 6.48. The van der Waals surface area contributed by atoms with Crippen molar-refractivity contribution in [1.82, 2.24) is 14.8 Å². The van der Waals surface area contributed by atoms with Gasteiger partial charge in [0.25, 0.3) is 5.89 Å². The molecule has 1 amide bonds. The zero-order valence-electron chi connectivity index (χ0n) is 13.1. The Labute approximate surface area is 134 Å². The van der Waals surface area contributed by atoms with Crippen molar-refractivity contribution < 1.29 is 9.21 Å². The molecule has 0 atom stereocenters. The van der Waals surface area contributed by atoms with E-state index in [9.17, 15) is 4.79 Å². The van der Waals surface area contributed by atoms with Crippen LogP contribution in [0.1, 0.15) is 18.4 Å². The van der Waals surface area contributed by atoms with E-state index in [1.807, 2.05) is 42.6 Å². The number of para-hydroxylation sites is 1. The summed E-state index contributed by atoms with van der Waals surface area (Å²) in [6, 6.07) is 11.5. The first-order valence-electron chi connectivity index (χ1n) is 7.50. The van der Waals surface area contributed by atoms with Gasteiger partial charge >= 0.3 is 0 Å². The summed E-state index contributed by atoms with van der Waals surface area (Å²) in [6.07, 6.45) is 2.69. The van der Waals surface area contributed by atoms with E-state index >= 15 is 0 Å². The van der Waals surface area contributed by atoms with E-state index in [0.29, 0.717) is 11.8 Å². The third kappa shape index (κ3) is 3.31. The van der Waals surface area contributed by atoms with Crippen LogP contribution in [0.5, 0.6) is 0 Å². The van der Waals surface area contributed by atoms with Crippen molar-refractivity contribution in [3.63, 3.8) is 0 Å². The smallest absolute Gasteiger partial charge is 0.264 e. The van der Waals surface area contributed by atoms with Crippen LogP contribution in [0.4, 0.5) is 5.69 Å². The molecule has 3 rings (SSSR count). The number of aryl methyl sites for hydroxylation is 2. The van der Waals surface area contributed by atoms with Crippen molar-refractivity contribution >= 4 is 11.6 Å². The molecule has 0 saturated carbocycles. The van der Waals surface area contributed by atoms with E-state index < -0.39 is 0 Å². The minimum absolute atomic E-state index is 0.0976. The number of rotatable bonds is 5. The molecule has 0 unspecified atom stereocenters. The highest BCUT2D eigenvalue weighted by Gasteiger charge is 2.13. The summed E-state index contributed by atoms with van der Waals surface area (Å²) in [6.45, 7) is 3.98. The summed E-state index contributed by atoms with van der Waals surface area (Å²) >= 11 is 0. The van der Waals surface area contributed by atoms with Crippen molar-refractivity contribution in [2.24, 2.45) is 0 Å². The number of amides is 1. The fourth-order valence-electron chi connectivity index (χ4n) is 2.44. The fraction of sp³-hybridized carbons (Fsp3) is 0.235. The molecule has 6 nitrogen and oxygen atoms in total. The van der Waals surface area contributed by atoms with Crippen molar-refractivity contribution in [3.05, 3.63) is 54.0 Å². The maximum atomic E-state index is 12.3. The fourth-order valence-corrected chi connectivity index (χ4v) is 2.44. The van der Waals surface area contributed by atoms with Gasteiger partial charge in [0.1, 0.15) is 12.2 Å². The maximum absolute atomic E-state index is 12.3. The standard InChI is InChI=1S/C17H18N4O2/c1-3-13-7-4-5-8-14(13)18-16(22)11-21-10-6-9-15(21)17-20-19-12(2)23-17/h4-10H,3,11H2,1-2H3,(H,18,22). The summed E-state index contributed by atoms with van der Waals surface area (Å²) in [5, 5.41) is 10.8. The number of hydrogen-bond acceptors (Lipinski definition) is 4. The van der Waals surface area contributed by atoms with Gasteiger partial charge in [0.05, 0.1) is 0 Å². The molecular weight excluding hydrogens is 292 g/mol. The summed E-state index contributed by atoms with van der Waals surface area (Å²) in [5.74, 6) is 0.808. The Balaban J connectivity index is 1.75. The van der Waals surface area contributed by atoms with E-state index in [1.54, 1.807) is 11.5 Å². The van der Waals surface area contributed by atoms with Gasteiger partial charge in [-0.15, -0.1) is 10.2 Å². The monoisotopic (exact) mass is 310 g/mol. The van der Waals surface area contributed by atoms with E-state index in [2.05, 4.69) is 22.4 Å². The van der Waals surface area contributed by atoms with Crippen LogP contribution in [-0.4, -0.2) is 20.7 Å². The summed E-state index contributed by atoms with van der Waals surface area (Å²) in [4.78, 5) is 12.3. The van der Waals surface area contributed by atoms with E-state index in [4.69, 9.17) is 4.42 Å². The Kier molecular flexibility index (Phi) is 4.23. The lowest BCUT2D eigenvalue weighted by molar-refractivity contribution is -0.116. The van der Waals surface area contributed by atoms with Gasteiger partial charge in [-0.05, 0) is 30.2 Å². The number of anilines is 1. The maximum Gasteiger partial charge on any atom is 0.264 e. The van der Waals surface area contributed by atoms with Gasteiger partial charge in [-0.1, -0.05) is 25.1 Å². The first-order chi connectivity index (χ1) is 11.2. The normalized spacial score (nSPS) is 10.7. The molecule has 118 valence electrons. The third-order valence-electron chi connectivity index (χ3n) is 3.56. The molecule has 0 aliphatic heterocycles. The van der Waals surface area contributed by atoms with Crippen molar-refractivity contribution in [1.29, 1.82) is 0 Å². The number of carbonyl (C=O) groups is 1. The molecule has 3 aromatic rings. The highest BCUT2D eigenvalue weighted by Crippen LogP contribution is 2.19. The van der Waals surface area contributed by atoms with E-state index in [-0.39, 0.29) is 12.5 Å². The molecule has 0 saturated heterocycles. The molecule has 6 heteroatoms. The Bertz CT molecular complexity index is 819. The zero-order valence-corrected chi connectivity index (χ0v) is 13.1. The van der Waals surface area contributed by atoms with Crippen LogP contribution in [0.3, 0.4) is 0 Å². The molecule has 1 aromatic carbocycles. The number of nitrogens with one attached hydrogen (secondary N) is 1. The molecule has 0 bridgehead atoms. The predicted octanol–water partition coefficient (Wildman–Crippen LogP) is 3.05. The van der Waals surface area contributed by atoms with Gasteiger partial charge < -0.3 is 14.3 Å². The summed E-state index contributed by atoms with van der Waals surface area (Å²) in [5.41, 5.74) is 2.69. The molecule has 23 heavy (non-hydrogen) atoms. The Morgan fingerprint density at radius 3 is 2.78 bits per heavy atom. The van der Waals surface area contributed by atoms with Crippen molar-refractivity contribution in [3.8, 4) is 11.6 Å². The lowest BCUT2D eigenvalue weighted by Gasteiger charge is -2.11. The first-order valence-corrected chi connectivity index (χ1v) is 7.50. The molecule has 0 fully saturated rings. The van der Waals surface area contributed by atoms with Crippen LogP contribution < -0.4 is 5.32 Å². The highest BCUT2D eigenvalue weighted by molar-refractivity contribution is 5.91. The number of carbonyl (C=O) groups excluding carboxylic acids is 1. The third-order valence-corrected chi connectivity index (χ3v) is 3.56. The van der Waals surface area contributed by atoms with Gasteiger partial charge in [-0.2, -0.15) is 0 Å². The molecule has 0 spiro atoms. The summed E-state index contributed by atoms with van der Waals surface area (Å²) < 4.78 is 7.22. The van der Waals surface area contributed by atoms with Gasteiger partial charge in [-0.25, -0.2) is 0 Å². The first kappa shape index (κ1) is 15.0. The lowest BCUT2D eigenvalue weighted by Crippen LogP contribution is -2.19. The number of aromatic nitrogens is 3. The zero-order chi connectivity index (χ0) is 16.2. The van der Waals surface area contributed by atoms with Crippen LogP contribution in [-0.2, 0) is 17.8 Å². The van der Waals surface area contributed by atoms with Gasteiger partial charge in [-0.3, -0.25) is 4.79 Å². The van der Waals surface area contributed by atoms with Crippen LogP contribution in [0.2, 0.25) is 0 Å². The minimum atomic E-state index is -0.0976. The second-order valence-electron chi connectivity index (χ2n) is 5.21. The largest absolute Gasteiger partial charge is 0.420 e. The molecule has 2 heterocycles. The SMILES string of the molecule is CCc1ccccc1NC(=O)Cn1cccc1-c1nnc(C)o1. The number of hydrogen-bond donors (Lipinski definition) is 1. The molecule has 0 aliphatic rings. The number of benzene rings is 1. The summed E-state index contributed by atoms with van der Waals surface area (Å²) in [7, 11) is 0. The van der Waals surface area contributed by atoms with E-state index in [0.717, 1.165) is 23.4 Å². The minimum Gasteiger partial charge on any atom is -0.420 e. The van der Waals surface area contributed by atoms with Gasteiger partial charge in [0.2, 0.25) is 11.8 Å². The number of nitrogens with zero attached hydrogens (tertiary/aromatic N) is 3. The average molecular weight is 310 g/mol. The molecular formula is C17H18N4O2. The Morgan fingerprint density at radius 1 is 1.22 bits per heavy atom. The van der Waals surface area contributed by atoms with Crippen LogP contribution >= 0.6 is 0 Å². The molecule has 1 N–H and O–H groups in total. The topological polar surface area (TPSA) is 73.0 Å². The Hall–Kier alpha value is -2.89. The van der Waals surface area contributed by atoms with Crippen LogP contribution in [0.25, 0.3) is 11.6 Å². The van der Waals surface area contributed by atoms with Crippen molar-refractivity contribution in [2.75, 3.05) is 5.32 Å². The molecule has 0 radical (unpaired) electrons. The highest BCUT2D eigenvalue weighted by atomic mass is 16.4. The van der Waals surface area contributed by atoms with Crippen molar-refractivity contribution in [2.45, 2.75) is 26.8 Å². The van der Waals surface area contributed by atoms with Gasteiger partial charge in [0, 0.05) is 18.8 Å². The predicted molar refractivity (Wildman–Crippen MR) is 86.9 cm³/mol. The molecule has 0 aliphatic carbocycles. The Morgan fingerprint density at radius 2 is 2.04 bits per heavy atom. The average Bonchev–Trinajstić information content (AvgIpc) is 3.16.